The number of thiophene rings is 1. The fraction of sp³-hybridized carbons (Fsp3) is 0.333. The van der Waals surface area contributed by atoms with E-state index >= 15 is 0 Å². The summed E-state index contributed by atoms with van der Waals surface area (Å²) in [5, 5.41) is 5.77. The molecule has 1 N–H and O–H groups in total. The molecule has 1 aromatic carbocycles. The third-order valence-corrected chi connectivity index (χ3v) is 4.38. The van der Waals surface area contributed by atoms with Crippen LogP contribution in [-0.4, -0.2) is 24.5 Å². The van der Waals surface area contributed by atoms with Crippen molar-refractivity contribution < 1.29 is 0 Å². The first kappa shape index (κ1) is 11.9. The van der Waals surface area contributed by atoms with Crippen molar-refractivity contribution in [1.82, 2.24) is 10.2 Å². The van der Waals surface area contributed by atoms with Gasteiger partial charge in [0.1, 0.15) is 0 Å². The second kappa shape index (κ2) is 5.65. The molecular weight excluding hydrogens is 240 g/mol. The molecule has 0 bridgehead atoms. The number of benzene rings is 1. The Morgan fingerprint density at radius 1 is 1.17 bits per heavy atom. The highest BCUT2D eigenvalue weighted by atomic mass is 32.1. The molecule has 2 aromatic rings. The Kier molecular flexibility index (Phi) is 3.74. The van der Waals surface area contributed by atoms with Gasteiger partial charge in [-0.1, -0.05) is 36.4 Å². The zero-order valence-electron chi connectivity index (χ0n) is 10.4. The predicted molar refractivity (Wildman–Crippen MR) is 76.8 cm³/mol. The number of rotatable bonds is 3. The maximum Gasteiger partial charge on any atom is 0.0544 e. The fourth-order valence-corrected chi connectivity index (χ4v) is 3.27. The largest absolute Gasteiger partial charge is 0.307 e. The molecule has 1 aliphatic rings. The quantitative estimate of drug-likeness (QED) is 0.910. The molecule has 18 heavy (non-hydrogen) atoms. The van der Waals surface area contributed by atoms with Gasteiger partial charge in [0.25, 0.3) is 0 Å². The Balaban J connectivity index is 1.64. The van der Waals surface area contributed by atoms with Crippen molar-refractivity contribution >= 4 is 11.3 Å². The number of piperazine rings is 1. The first-order chi connectivity index (χ1) is 8.92. The van der Waals surface area contributed by atoms with E-state index in [1.54, 1.807) is 0 Å². The van der Waals surface area contributed by atoms with Crippen molar-refractivity contribution in [3.63, 3.8) is 0 Å². The molecule has 0 amide bonds. The molecule has 1 saturated heterocycles. The highest BCUT2D eigenvalue weighted by molar-refractivity contribution is 7.10. The summed E-state index contributed by atoms with van der Waals surface area (Å²) in [5.41, 5.74) is 1.41. The average molecular weight is 258 g/mol. The van der Waals surface area contributed by atoms with Gasteiger partial charge in [0, 0.05) is 31.1 Å². The van der Waals surface area contributed by atoms with Crippen LogP contribution in [0.25, 0.3) is 0 Å². The zero-order valence-corrected chi connectivity index (χ0v) is 11.2. The van der Waals surface area contributed by atoms with Crippen LogP contribution in [0.5, 0.6) is 0 Å². The van der Waals surface area contributed by atoms with Crippen LogP contribution >= 0.6 is 11.3 Å². The first-order valence-corrected chi connectivity index (χ1v) is 7.33. The molecule has 1 aliphatic heterocycles. The molecule has 1 aromatic heterocycles. The molecule has 3 heteroatoms. The van der Waals surface area contributed by atoms with Gasteiger partial charge in [-0.2, -0.15) is 0 Å². The van der Waals surface area contributed by atoms with Crippen LogP contribution in [0.3, 0.4) is 0 Å². The molecule has 0 radical (unpaired) electrons. The van der Waals surface area contributed by atoms with E-state index in [2.05, 4.69) is 58.1 Å². The van der Waals surface area contributed by atoms with Crippen molar-refractivity contribution in [2.75, 3.05) is 19.6 Å². The Bertz CT molecular complexity index is 467. The summed E-state index contributed by atoms with van der Waals surface area (Å²) < 4.78 is 0. The number of hydrogen-bond acceptors (Lipinski definition) is 3. The SMILES string of the molecule is c1ccc(CN2CCN[C@@H](c3cccs3)C2)cc1. The van der Waals surface area contributed by atoms with Crippen molar-refractivity contribution in [2.24, 2.45) is 0 Å². The van der Waals surface area contributed by atoms with Crippen LogP contribution < -0.4 is 5.32 Å². The maximum absolute atomic E-state index is 3.61. The van der Waals surface area contributed by atoms with Gasteiger partial charge in [-0.05, 0) is 17.0 Å². The molecule has 1 atom stereocenters. The lowest BCUT2D eigenvalue weighted by atomic mass is 10.1. The maximum atomic E-state index is 3.61. The van der Waals surface area contributed by atoms with Gasteiger partial charge in [0.15, 0.2) is 0 Å². The summed E-state index contributed by atoms with van der Waals surface area (Å²) >= 11 is 1.85. The summed E-state index contributed by atoms with van der Waals surface area (Å²) in [6, 6.07) is 15.6. The van der Waals surface area contributed by atoms with E-state index < -0.39 is 0 Å². The standard InChI is InChI=1S/C15H18N2S/c1-2-5-13(6-3-1)11-17-9-8-16-14(12-17)15-7-4-10-18-15/h1-7,10,14,16H,8-9,11-12H2/t14-/m1/s1. The van der Waals surface area contributed by atoms with Crippen LogP contribution in [0, 0.1) is 0 Å². The van der Waals surface area contributed by atoms with Gasteiger partial charge in [0.2, 0.25) is 0 Å². The van der Waals surface area contributed by atoms with Crippen molar-refractivity contribution in [1.29, 1.82) is 0 Å². The molecule has 2 heterocycles. The van der Waals surface area contributed by atoms with Crippen LogP contribution in [0.15, 0.2) is 47.8 Å². The predicted octanol–water partition coefficient (Wildman–Crippen LogP) is 2.89. The third kappa shape index (κ3) is 2.80. The first-order valence-electron chi connectivity index (χ1n) is 6.45. The molecule has 94 valence electrons. The van der Waals surface area contributed by atoms with Gasteiger partial charge in [-0.15, -0.1) is 11.3 Å². The molecule has 2 nitrogen and oxygen atoms in total. The van der Waals surface area contributed by atoms with Gasteiger partial charge in [-0.3, -0.25) is 4.90 Å². The number of nitrogens with one attached hydrogen (secondary N) is 1. The van der Waals surface area contributed by atoms with E-state index in [9.17, 15) is 0 Å². The molecule has 0 spiro atoms. The minimum atomic E-state index is 0.502. The molecule has 0 unspecified atom stereocenters. The van der Waals surface area contributed by atoms with E-state index in [-0.39, 0.29) is 0 Å². The van der Waals surface area contributed by atoms with E-state index in [1.807, 2.05) is 11.3 Å². The van der Waals surface area contributed by atoms with Gasteiger partial charge in [0.05, 0.1) is 6.04 Å². The fourth-order valence-electron chi connectivity index (χ4n) is 2.48. The van der Waals surface area contributed by atoms with E-state index in [1.165, 1.54) is 10.4 Å². The zero-order chi connectivity index (χ0) is 12.2. The van der Waals surface area contributed by atoms with E-state index in [0.717, 1.165) is 26.2 Å². The van der Waals surface area contributed by atoms with Gasteiger partial charge < -0.3 is 5.32 Å². The molecular formula is C15H18N2S. The average Bonchev–Trinajstić information content (AvgIpc) is 2.94. The molecule has 3 rings (SSSR count). The molecule has 0 saturated carbocycles. The summed E-state index contributed by atoms with van der Waals surface area (Å²) in [7, 11) is 0. The Morgan fingerprint density at radius 3 is 2.83 bits per heavy atom. The second-order valence-corrected chi connectivity index (χ2v) is 5.72. The highest BCUT2D eigenvalue weighted by Gasteiger charge is 2.21. The Hall–Kier alpha value is -1.16. The Labute approximate surface area is 112 Å². The van der Waals surface area contributed by atoms with Gasteiger partial charge >= 0.3 is 0 Å². The lowest BCUT2D eigenvalue weighted by Crippen LogP contribution is -2.44. The lowest BCUT2D eigenvalue weighted by Gasteiger charge is -2.33. The van der Waals surface area contributed by atoms with Gasteiger partial charge in [-0.25, -0.2) is 0 Å². The van der Waals surface area contributed by atoms with Crippen molar-refractivity contribution in [3.8, 4) is 0 Å². The monoisotopic (exact) mass is 258 g/mol. The third-order valence-electron chi connectivity index (χ3n) is 3.40. The lowest BCUT2D eigenvalue weighted by molar-refractivity contribution is 0.195. The number of nitrogens with zero attached hydrogens (tertiary/aromatic N) is 1. The minimum absolute atomic E-state index is 0.502. The minimum Gasteiger partial charge on any atom is -0.307 e. The van der Waals surface area contributed by atoms with Crippen LogP contribution in [0.2, 0.25) is 0 Å². The van der Waals surface area contributed by atoms with E-state index in [4.69, 9.17) is 0 Å². The van der Waals surface area contributed by atoms with Crippen molar-refractivity contribution in [3.05, 3.63) is 58.3 Å². The summed E-state index contributed by atoms with van der Waals surface area (Å²) in [6.45, 7) is 4.38. The van der Waals surface area contributed by atoms with Crippen LogP contribution in [-0.2, 0) is 6.54 Å². The highest BCUT2D eigenvalue weighted by Crippen LogP contribution is 2.22. The summed E-state index contributed by atoms with van der Waals surface area (Å²) in [6.07, 6.45) is 0. The summed E-state index contributed by atoms with van der Waals surface area (Å²) in [5.74, 6) is 0. The Morgan fingerprint density at radius 2 is 2.06 bits per heavy atom. The summed E-state index contributed by atoms with van der Waals surface area (Å²) in [4.78, 5) is 3.99. The van der Waals surface area contributed by atoms with Crippen molar-refractivity contribution in [2.45, 2.75) is 12.6 Å². The smallest absolute Gasteiger partial charge is 0.0544 e. The van der Waals surface area contributed by atoms with E-state index in [0.29, 0.717) is 6.04 Å². The topological polar surface area (TPSA) is 15.3 Å². The number of hydrogen-bond donors (Lipinski definition) is 1. The molecule has 1 fully saturated rings. The normalized spacial score (nSPS) is 21.0. The van der Waals surface area contributed by atoms with Crippen LogP contribution in [0.1, 0.15) is 16.5 Å². The molecule has 0 aliphatic carbocycles. The van der Waals surface area contributed by atoms with Crippen LogP contribution in [0.4, 0.5) is 0 Å². The second-order valence-electron chi connectivity index (χ2n) is 4.74.